The summed E-state index contributed by atoms with van der Waals surface area (Å²) in [5, 5.41) is 3.81. The molecule has 5 nitrogen and oxygen atoms in total. The number of carbonyl (C=O) groups excluding carboxylic acids is 1. The Morgan fingerprint density at radius 2 is 2.67 bits per heavy atom. The minimum absolute atomic E-state index is 0.354. The molecular formula is C7H12N2O3. The van der Waals surface area contributed by atoms with Crippen LogP contribution in [0.5, 0.6) is 0 Å². The van der Waals surface area contributed by atoms with E-state index in [0.717, 1.165) is 12.1 Å². The lowest BCUT2D eigenvalue weighted by Gasteiger charge is -1.99. The van der Waals surface area contributed by atoms with E-state index in [4.69, 9.17) is 4.74 Å². The third kappa shape index (κ3) is 2.87. The quantitative estimate of drug-likeness (QED) is 0.617. The van der Waals surface area contributed by atoms with E-state index in [-0.39, 0.29) is 0 Å². The molecule has 5 heteroatoms. The van der Waals surface area contributed by atoms with Gasteiger partial charge >= 0.3 is 6.09 Å². The summed E-state index contributed by atoms with van der Waals surface area (Å²) < 4.78 is 9.63. The van der Waals surface area contributed by atoms with E-state index in [1.165, 1.54) is 0 Å². The monoisotopic (exact) mass is 172 g/mol. The summed E-state index contributed by atoms with van der Waals surface area (Å²) in [5.74, 6) is 0. The molecule has 1 rings (SSSR count). The molecule has 1 saturated heterocycles. The molecule has 0 aromatic heterocycles. The zero-order valence-corrected chi connectivity index (χ0v) is 7.00. The van der Waals surface area contributed by atoms with Gasteiger partial charge in [0.25, 0.3) is 0 Å². The van der Waals surface area contributed by atoms with Crippen LogP contribution in [0.2, 0.25) is 0 Å². The smallest absolute Gasteiger partial charge is 0.427 e. The van der Waals surface area contributed by atoms with Crippen LogP contribution in [0.4, 0.5) is 4.79 Å². The fourth-order valence-electron chi connectivity index (χ4n) is 0.828. The van der Waals surface area contributed by atoms with Gasteiger partial charge in [0.1, 0.15) is 0 Å². The van der Waals surface area contributed by atoms with Crippen LogP contribution in [0.25, 0.3) is 0 Å². The van der Waals surface area contributed by atoms with Gasteiger partial charge in [-0.2, -0.15) is 5.10 Å². The van der Waals surface area contributed by atoms with Gasteiger partial charge in [0.05, 0.1) is 25.5 Å². The molecule has 68 valence electrons. The zero-order chi connectivity index (χ0) is 8.81. The van der Waals surface area contributed by atoms with Crippen LogP contribution in [0.3, 0.4) is 0 Å². The van der Waals surface area contributed by atoms with E-state index >= 15 is 0 Å². The van der Waals surface area contributed by atoms with Crippen LogP contribution in [-0.4, -0.2) is 31.6 Å². The van der Waals surface area contributed by atoms with Crippen molar-refractivity contribution in [3.63, 3.8) is 0 Å². The maximum atomic E-state index is 10.7. The Balaban J connectivity index is 2.22. The first kappa shape index (κ1) is 8.99. The van der Waals surface area contributed by atoms with Crippen LogP contribution >= 0.6 is 0 Å². The van der Waals surface area contributed by atoms with E-state index in [1.807, 2.05) is 0 Å². The van der Waals surface area contributed by atoms with Gasteiger partial charge in [-0.1, -0.05) is 0 Å². The minimum atomic E-state index is -0.517. The van der Waals surface area contributed by atoms with E-state index < -0.39 is 6.09 Å². The summed E-state index contributed by atoms with van der Waals surface area (Å²) in [4.78, 5) is 10.7. The second-order valence-electron chi connectivity index (χ2n) is 2.31. The Morgan fingerprint density at radius 1 is 1.83 bits per heavy atom. The second-order valence-corrected chi connectivity index (χ2v) is 2.31. The molecule has 0 bridgehead atoms. The zero-order valence-electron chi connectivity index (χ0n) is 7.00. The first-order valence-electron chi connectivity index (χ1n) is 3.89. The van der Waals surface area contributed by atoms with Crippen molar-refractivity contribution in [2.45, 2.75) is 13.3 Å². The van der Waals surface area contributed by atoms with Crippen molar-refractivity contribution in [3.8, 4) is 0 Å². The maximum absolute atomic E-state index is 10.7. The van der Waals surface area contributed by atoms with Crippen LogP contribution in [-0.2, 0) is 9.47 Å². The first-order chi connectivity index (χ1) is 5.83. The molecule has 1 fully saturated rings. The number of hydrogen-bond acceptors (Lipinski definition) is 4. The molecule has 0 saturated carbocycles. The number of ether oxygens (including phenoxy) is 2. The minimum Gasteiger partial charge on any atom is -0.449 e. The second kappa shape index (κ2) is 4.71. The van der Waals surface area contributed by atoms with Gasteiger partial charge in [-0.05, 0) is 6.92 Å². The van der Waals surface area contributed by atoms with Crippen molar-refractivity contribution in [1.29, 1.82) is 0 Å². The molecule has 1 aliphatic rings. The van der Waals surface area contributed by atoms with Gasteiger partial charge in [-0.3, -0.25) is 0 Å². The Morgan fingerprint density at radius 3 is 3.25 bits per heavy atom. The summed E-state index contributed by atoms with van der Waals surface area (Å²) >= 11 is 0. The molecule has 1 amide bonds. The molecule has 1 heterocycles. The SMILES string of the molecule is CCOC(=O)N/N=C1/CCOC1. The third-order valence-electron chi connectivity index (χ3n) is 1.38. The third-order valence-corrected chi connectivity index (χ3v) is 1.38. The normalized spacial score (nSPS) is 19.6. The van der Waals surface area contributed by atoms with Crippen LogP contribution < -0.4 is 5.43 Å². The fourth-order valence-corrected chi connectivity index (χ4v) is 0.828. The Labute approximate surface area is 70.7 Å². The average molecular weight is 172 g/mol. The van der Waals surface area contributed by atoms with E-state index in [9.17, 15) is 4.79 Å². The summed E-state index contributed by atoms with van der Waals surface area (Å²) in [6.45, 7) is 3.29. The van der Waals surface area contributed by atoms with Crippen molar-refractivity contribution < 1.29 is 14.3 Å². The molecule has 0 aromatic carbocycles. The van der Waals surface area contributed by atoms with Gasteiger partial charge in [0, 0.05) is 6.42 Å². The van der Waals surface area contributed by atoms with Gasteiger partial charge in [0.15, 0.2) is 0 Å². The highest BCUT2D eigenvalue weighted by Crippen LogP contribution is 1.98. The lowest BCUT2D eigenvalue weighted by Crippen LogP contribution is -2.20. The molecule has 0 aliphatic carbocycles. The van der Waals surface area contributed by atoms with Crippen molar-refractivity contribution in [3.05, 3.63) is 0 Å². The first-order valence-corrected chi connectivity index (χ1v) is 3.89. The van der Waals surface area contributed by atoms with Crippen molar-refractivity contribution in [1.82, 2.24) is 5.43 Å². The maximum Gasteiger partial charge on any atom is 0.427 e. The lowest BCUT2D eigenvalue weighted by atomic mass is 10.3. The van der Waals surface area contributed by atoms with Crippen LogP contribution in [0.1, 0.15) is 13.3 Å². The Bertz CT molecular complexity index is 183. The molecule has 0 spiro atoms. The van der Waals surface area contributed by atoms with Gasteiger partial charge in [-0.25, -0.2) is 10.2 Å². The number of hydrazone groups is 1. The fraction of sp³-hybridized carbons (Fsp3) is 0.714. The molecule has 0 atom stereocenters. The largest absolute Gasteiger partial charge is 0.449 e. The predicted octanol–water partition coefficient (Wildman–Crippen LogP) is 0.509. The van der Waals surface area contributed by atoms with Gasteiger partial charge in [-0.15, -0.1) is 0 Å². The van der Waals surface area contributed by atoms with Crippen molar-refractivity contribution in [2.24, 2.45) is 5.10 Å². The highest BCUT2D eigenvalue weighted by molar-refractivity contribution is 5.87. The highest BCUT2D eigenvalue weighted by atomic mass is 16.5. The lowest BCUT2D eigenvalue weighted by molar-refractivity contribution is 0.152. The number of rotatable bonds is 2. The average Bonchev–Trinajstić information content (AvgIpc) is 2.53. The molecule has 1 aliphatic heterocycles. The van der Waals surface area contributed by atoms with Crippen LogP contribution in [0.15, 0.2) is 5.10 Å². The standard InChI is InChI=1S/C7H12N2O3/c1-2-12-7(10)9-8-6-3-4-11-5-6/h2-5H2,1H3,(H,9,10)/b8-6-. The van der Waals surface area contributed by atoms with Crippen LogP contribution in [0, 0.1) is 0 Å². The highest BCUT2D eigenvalue weighted by Gasteiger charge is 2.08. The molecule has 1 N–H and O–H groups in total. The molecule has 12 heavy (non-hydrogen) atoms. The van der Waals surface area contributed by atoms with E-state index in [2.05, 4.69) is 15.3 Å². The number of hydrogen-bond donors (Lipinski definition) is 1. The van der Waals surface area contributed by atoms with Crippen molar-refractivity contribution >= 4 is 11.8 Å². The van der Waals surface area contributed by atoms with E-state index in [0.29, 0.717) is 19.8 Å². The summed E-state index contributed by atoms with van der Waals surface area (Å²) in [6.07, 6.45) is 0.267. The van der Waals surface area contributed by atoms with E-state index in [1.54, 1.807) is 6.92 Å². The number of nitrogens with one attached hydrogen (secondary N) is 1. The molecule has 0 unspecified atom stereocenters. The summed E-state index contributed by atoms with van der Waals surface area (Å²) in [5.41, 5.74) is 3.12. The number of carbonyl (C=O) groups is 1. The Hall–Kier alpha value is -1.10. The molecule has 0 radical (unpaired) electrons. The number of nitrogens with zero attached hydrogens (tertiary/aromatic N) is 1. The van der Waals surface area contributed by atoms with Crippen molar-refractivity contribution in [2.75, 3.05) is 19.8 Å². The summed E-state index contributed by atoms with van der Waals surface area (Å²) in [7, 11) is 0. The summed E-state index contributed by atoms with van der Waals surface area (Å²) in [6, 6.07) is 0. The van der Waals surface area contributed by atoms with Gasteiger partial charge < -0.3 is 9.47 Å². The molecular weight excluding hydrogens is 160 g/mol. The Kier molecular flexibility index (Phi) is 3.53. The topological polar surface area (TPSA) is 59.9 Å². The van der Waals surface area contributed by atoms with Gasteiger partial charge in [0.2, 0.25) is 0 Å². The number of amides is 1. The molecule has 0 aromatic rings. The predicted molar refractivity (Wildman–Crippen MR) is 43.0 cm³/mol.